The second kappa shape index (κ2) is 11.2. The first-order valence-electron chi connectivity index (χ1n) is 6.52. The molecule has 0 heterocycles. The number of carbonyl (C=O) groups is 3. The van der Waals surface area contributed by atoms with Gasteiger partial charge in [0, 0.05) is 20.3 Å². The number of carbonyl (C=O) groups excluding carboxylic acids is 3. The fourth-order valence-corrected chi connectivity index (χ4v) is 1.31. The average molecular weight is 292 g/mol. The van der Waals surface area contributed by atoms with Gasteiger partial charge in [-0.15, -0.1) is 0 Å². The summed E-state index contributed by atoms with van der Waals surface area (Å²) < 4.78 is 14.6. The highest BCUT2D eigenvalue weighted by molar-refractivity contribution is 5.70. The maximum atomic E-state index is 11.4. The van der Waals surface area contributed by atoms with Crippen molar-refractivity contribution < 1.29 is 39.6 Å². The van der Waals surface area contributed by atoms with E-state index < -0.39 is 24.0 Å². The van der Waals surface area contributed by atoms with Gasteiger partial charge in [0.1, 0.15) is 13.2 Å². The van der Waals surface area contributed by atoms with E-state index in [1.165, 1.54) is 13.8 Å². The Kier molecular flexibility index (Phi) is 10.2. The van der Waals surface area contributed by atoms with Crippen LogP contribution in [-0.4, -0.2) is 56.9 Å². The van der Waals surface area contributed by atoms with Crippen LogP contribution in [0.5, 0.6) is 0 Å². The average Bonchev–Trinajstić information content (AvgIpc) is 2.37. The van der Waals surface area contributed by atoms with Gasteiger partial charge in [0.25, 0.3) is 0 Å². The highest BCUT2D eigenvalue weighted by Crippen LogP contribution is 1.97. The fraction of sp³-hybridized carbons (Fsp3) is 0.750. The number of hydrogen-bond acceptors (Lipinski definition) is 6. The second-order valence-electron chi connectivity index (χ2n) is 4.21. The minimum Gasteiger partial charge on any atom is -0.462 e. The van der Waals surface area contributed by atoms with Gasteiger partial charge in [-0.1, -0.05) is 0 Å². The molecule has 0 radical (unpaired) electrons. The molecule has 1 unspecified atom stereocenters. The molecule has 0 bridgehead atoms. The smallest absolute Gasteiger partial charge is 0.361 e. The summed E-state index contributed by atoms with van der Waals surface area (Å²) in [6.07, 6.45) is 0.149. The summed E-state index contributed by atoms with van der Waals surface area (Å²) in [5.74, 6) is -1.43. The molecule has 0 aromatic carbocycles. The molecular formula is C12H24N2O6+2. The Bertz CT molecular complexity index is 321. The van der Waals surface area contributed by atoms with Crippen molar-refractivity contribution in [3.8, 4) is 0 Å². The monoisotopic (exact) mass is 292 g/mol. The second-order valence-corrected chi connectivity index (χ2v) is 4.21. The van der Waals surface area contributed by atoms with Gasteiger partial charge in [-0.25, -0.2) is 4.79 Å². The van der Waals surface area contributed by atoms with Crippen molar-refractivity contribution in [2.45, 2.75) is 26.4 Å². The third-order valence-corrected chi connectivity index (χ3v) is 2.20. The summed E-state index contributed by atoms with van der Waals surface area (Å²) in [5, 5.41) is 1.82. The first kappa shape index (κ1) is 18.3. The molecule has 0 spiro atoms. The fourth-order valence-electron chi connectivity index (χ4n) is 1.31. The summed E-state index contributed by atoms with van der Waals surface area (Å²) in [6.45, 7) is 4.04. The van der Waals surface area contributed by atoms with Gasteiger partial charge in [0.05, 0.1) is 13.1 Å². The first-order chi connectivity index (χ1) is 9.45. The summed E-state index contributed by atoms with van der Waals surface area (Å²) >= 11 is 0. The Balaban J connectivity index is 3.94. The largest absolute Gasteiger partial charge is 0.462 e. The van der Waals surface area contributed by atoms with E-state index in [4.69, 9.17) is 14.2 Å². The Morgan fingerprint density at radius 3 is 2.30 bits per heavy atom. The van der Waals surface area contributed by atoms with Gasteiger partial charge in [-0.3, -0.25) is 9.59 Å². The third-order valence-electron chi connectivity index (χ3n) is 2.20. The van der Waals surface area contributed by atoms with Gasteiger partial charge in [0.15, 0.2) is 12.6 Å². The van der Waals surface area contributed by atoms with Gasteiger partial charge in [0.2, 0.25) is 0 Å². The van der Waals surface area contributed by atoms with E-state index in [-0.39, 0.29) is 19.8 Å². The quantitative estimate of drug-likeness (QED) is 0.255. The molecule has 116 valence electrons. The highest BCUT2D eigenvalue weighted by Gasteiger charge is 2.17. The van der Waals surface area contributed by atoms with Crippen LogP contribution in [0.15, 0.2) is 0 Å². The van der Waals surface area contributed by atoms with E-state index in [1.807, 2.05) is 5.32 Å². The lowest BCUT2D eigenvalue weighted by Gasteiger charge is -2.16. The Morgan fingerprint density at radius 1 is 1.10 bits per heavy atom. The van der Waals surface area contributed by atoms with Gasteiger partial charge >= 0.3 is 17.9 Å². The van der Waals surface area contributed by atoms with E-state index in [2.05, 4.69) is 5.73 Å². The molecule has 0 aromatic heterocycles. The van der Waals surface area contributed by atoms with Crippen molar-refractivity contribution in [2.24, 2.45) is 0 Å². The predicted molar refractivity (Wildman–Crippen MR) is 67.2 cm³/mol. The first-order valence-corrected chi connectivity index (χ1v) is 6.52. The van der Waals surface area contributed by atoms with Crippen LogP contribution in [-0.2, 0) is 28.6 Å². The lowest BCUT2D eigenvalue weighted by molar-refractivity contribution is -0.647. The molecule has 0 aliphatic rings. The van der Waals surface area contributed by atoms with Crippen LogP contribution >= 0.6 is 0 Å². The Morgan fingerprint density at radius 2 is 1.75 bits per heavy atom. The maximum absolute atomic E-state index is 11.4. The molecule has 0 aromatic rings. The van der Waals surface area contributed by atoms with Gasteiger partial charge in [-0.2, -0.15) is 0 Å². The number of hydrogen-bond donors (Lipinski definition) is 2. The molecular weight excluding hydrogens is 268 g/mol. The van der Waals surface area contributed by atoms with Crippen LogP contribution in [0.1, 0.15) is 20.3 Å². The van der Waals surface area contributed by atoms with Crippen LogP contribution in [0, 0.1) is 0 Å². The predicted octanol–water partition coefficient (Wildman–Crippen LogP) is -2.78. The molecule has 8 heteroatoms. The molecule has 0 saturated carbocycles. The number of rotatable bonds is 10. The molecule has 0 aliphatic heterocycles. The molecule has 0 fully saturated rings. The zero-order valence-corrected chi connectivity index (χ0v) is 12.1. The van der Waals surface area contributed by atoms with Crippen LogP contribution in [0.25, 0.3) is 0 Å². The topological polar surface area (TPSA) is 123 Å². The summed E-state index contributed by atoms with van der Waals surface area (Å²) in [7, 11) is 0. The number of quaternary nitrogens is 2. The minimum absolute atomic E-state index is 0.130. The zero-order valence-electron chi connectivity index (χ0n) is 12.1. The lowest BCUT2D eigenvalue weighted by Crippen LogP contribution is -2.86. The van der Waals surface area contributed by atoms with Crippen molar-refractivity contribution in [3.05, 3.63) is 0 Å². The normalized spacial score (nSPS) is 11.6. The molecule has 5 N–H and O–H groups in total. The molecule has 0 aliphatic carbocycles. The number of nitrogens with two attached hydrogens (primary N) is 1. The maximum Gasteiger partial charge on any atom is 0.361 e. The number of esters is 3. The molecule has 1 atom stereocenters. The molecule has 0 amide bonds. The van der Waals surface area contributed by atoms with Crippen LogP contribution in [0.3, 0.4) is 0 Å². The van der Waals surface area contributed by atoms with Crippen molar-refractivity contribution in [2.75, 3.05) is 32.8 Å². The van der Waals surface area contributed by atoms with Crippen molar-refractivity contribution in [3.63, 3.8) is 0 Å². The summed E-state index contributed by atoms with van der Waals surface area (Å²) in [6, 6.07) is 0. The standard InChI is InChI=1S/C12H22N2O6/c1-9(15)18-7-11(20-10(2)16)8-19-12(17)6-14-5-3-4-13/h11,14H,3-8,13H2,1-2H3/p+2. The van der Waals surface area contributed by atoms with Crippen molar-refractivity contribution >= 4 is 17.9 Å². The zero-order chi connectivity index (χ0) is 15.4. The summed E-state index contributed by atoms with van der Waals surface area (Å²) in [5.41, 5.74) is 3.70. The molecule has 0 rings (SSSR count). The van der Waals surface area contributed by atoms with Crippen LogP contribution in [0.2, 0.25) is 0 Å². The van der Waals surface area contributed by atoms with Crippen LogP contribution in [0.4, 0.5) is 0 Å². The molecule has 0 saturated heterocycles. The van der Waals surface area contributed by atoms with Gasteiger partial charge < -0.3 is 25.3 Å². The Labute approximate surface area is 117 Å². The Hall–Kier alpha value is -1.67. The molecule has 8 nitrogen and oxygen atoms in total. The lowest BCUT2D eigenvalue weighted by atomic mass is 10.4. The van der Waals surface area contributed by atoms with Gasteiger partial charge in [-0.05, 0) is 0 Å². The highest BCUT2D eigenvalue weighted by atomic mass is 16.6. The minimum atomic E-state index is -0.778. The van der Waals surface area contributed by atoms with E-state index in [1.54, 1.807) is 0 Å². The molecule has 20 heavy (non-hydrogen) atoms. The summed E-state index contributed by atoms with van der Waals surface area (Å²) in [4.78, 5) is 33.0. The third kappa shape index (κ3) is 11.4. The van der Waals surface area contributed by atoms with E-state index in [0.29, 0.717) is 0 Å². The van der Waals surface area contributed by atoms with Crippen molar-refractivity contribution in [1.82, 2.24) is 0 Å². The van der Waals surface area contributed by atoms with E-state index in [0.717, 1.165) is 19.5 Å². The van der Waals surface area contributed by atoms with Crippen molar-refractivity contribution in [1.29, 1.82) is 0 Å². The SMILES string of the molecule is CC(=O)OCC(COC(=O)C[NH2+]CCC[NH3+])OC(C)=O. The number of ether oxygens (including phenoxy) is 3. The van der Waals surface area contributed by atoms with Crippen LogP contribution < -0.4 is 11.1 Å². The van der Waals surface area contributed by atoms with E-state index >= 15 is 0 Å². The van der Waals surface area contributed by atoms with E-state index in [9.17, 15) is 14.4 Å².